The van der Waals surface area contributed by atoms with Gasteiger partial charge in [-0.15, -0.1) is 10.2 Å². The van der Waals surface area contributed by atoms with Crippen molar-refractivity contribution in [2.45, 2.75) is 51.9 Å². The molecule has 0 saturated heterocycles. The van der Waals surface area contributed by atoms with Gasteiger partial charge in [-0.05, 0) is 43.0 Å². The fraction of sp³-hybridized carbons (Fsp3) is 0.524. The fourth-order valence-electron chi connectivity index (χ4n) is 2.64. The summed E-state index contributed by atoms with van der Waals surface area (Å²) in [5, 5.41) is 21.6. The molecule has 0 unspecified atom stereocenters. The molecule has 2 aromatic rings. The molecule has 2 rings (SSSR count). The van der Waals surface area contributed by atoms with Gasteiger partial charge in [0.1, 0.15) is 11.3 Å². The minimum atomic E-state index is -0.891. The molecule has 0 radical (unpaired) electrons. The number of rotatable bonds is 9. The van der Waals surface area contributed by atoms with Crippen molar-refractivity contribution in [3.8, 4) is 23.2 Å². The Bertz CT molecular complexity index is 870. The van der Waals surface area contributed by atoms with Crippen molar-refractivity contribution < 1.29 is 9.53 Å². The monoisotopic (exact) mass is 415 g/mol. The first kappa shape index (κ1) is 22.8. The van der Waals surface area contributed by atoms with Crippen molar-refractivity contribution in [2.24, 2.45) is 11.8 Å². The van der Waals surface area contributed by atoms with E-state index in [2.05, 4.69) is 35.4 Å². The molecule has 0 spiro atoms. The van der Waals surface area contributed by atoms with Gasteiger partial charge in [0.25, 0.3) is 0 Å². The number of benzene rings is 1. The van der Waals surface area contributed by atoms with E-state index in [0.717, 1.165) is 23.7 Å². The van der Waals surface area contributed by atoms with Crippen molar-refractivity contribution in [1.82, 2.24) is 20.1 Å². The third-order valence-electron chi connectivity index (χ3n) is 4.73. The Morgan fingerprint density at radius 1 is 1.28 bits per heavy atom. The number of ether oxygens (including phenoxy) is 1. The summed E-state index contributed by atoms with van der Waals surface area (Å²) in [4.78, 5) is 12.4. The minimum Gasteiger partial charge on any atom is -0.497 e. The van der Waals surface area contributed by atoms with E-state index in [1.165, 1.54) is 11.8 Å². The van der Waals surface area contributed by atoms with Gasteiger partial charge in [-0.25, -0.2) is 0 Å². The Morgan fingerprint density at radius 2 is 1.93 bits per heavy atom. The molecule has 1 amide bonds. The lowest BCUT2D eigenvalue weighted by atomic mass is 9.90. The van der Waals surface area contributed by atoms with Crippen LogP contribution < -0.4 is 10.1 Å². The van der Waals surface area contributed by atoms with Gasteiger partial charge in [0.15, 0.2) is 11.0 Å². The molecule has 0 aliphatic heterocycles. The maximum Gasteiger partial charge on any atom is 0.231 e. The number of methoxy groups -OCH3 is 1. The van der Waals surface area contributed by atoms with E-state index in [9.17, 15) is 10.1 Å². The highest BCUT2D eigenvalue weighted by molar-refractivity contribution is 7.99. The second-order valence-electron chi connectivity index (χ2n) is 7.84. The Hall–Kier alpha value is -2.53. The highest BCUT2D eigenvalue weighted by Crippen LogP contribution is 2.27. The number of amides is 1. The lowest BCUT2D eigenvalue weighted by Gasteiger charge is -2.27. The molecule has 0 bridgehead atoms. The number of thioether (sulfide) groups is 1. The third kappa shape index (κ3) is 5.73. The molecule has 1 N–H and O–H groups in total. The fourth-order valence-corrected chi connectivity index (χ4v) is 3.38. The number of nitrogens with zero attached hydrogens (tertiary/aromatic N) is 4. The zero-order valence-corrected chi connectivity index (χ0v) is 18.7. The van der Waals surface area contributed by atoms with Crippen LogP contribution in [0.3, 0.4) is 0 Å². The predicted octanol–water partition coefficient (Wildman–Crippen LogP) is 3.76. The highest BCUT2D eigenvalue weighted by atomic mass is 32.2. The summed E-state index contributed by atoms with van der Waals surface area (Å²) in [5.41, 5.74) is 0.0458. The average Bonchev–Trinajstić information content (AvgIpc) is 3.08. The predicted molar refractivity (Wildman–Crippen MR) is 115 cm³/mol. The number of carbonyl (C=O) groups excluding carboxylic acids is 1. The zero-order chi connectivity index (χ0) is 21.6. The Morgan fingerprint density at radius 3 is 2.45 bits per heavy atom. The van der Waals surface area contributed by atoms with Crippen LogP contribution in [0.1, 0.15) is 34.6 Å². The van der Waals surface area contributed by atoms with Gasteiger partial charge in [0, 0.05) is 12.1 Å². The van der Waals surface area contributed by atoms with Gasteiger partial charge >= 0.3 is 0 Å². The average molecular weight is 416 g/mol. The molecule has 156 valence electrons. The van der Waals surface area contributed by atoms with Crippen LogP contribution in [-0.2, 0) is 11.3 Å². The lowest BCUT2D eigenvalue weighted by Crippen LogP contribution is -2.49. The van der Waals surface area contributed by atoms with Crippen molar-refractivity contribution >= 4 is 17.7 Å². The van der Waals surface area contributed by atoms with Crippen molar-refractivity contribution in [1.29, 1.82) is 5.26 Å². The first-order chi connectivity index (χ1) is 13.7. The number of hydrogen-bond acceptors (Lipinski definition) is 6. The molecule has 8 heteroatoms. The normalized spacial score (nSPS) is 13.2. The number of nitrogens with one attached hydrogen (secondary N) is 1. The molecule has 1 atom stereocenters. The SMILES string of the molecule is COc1ccc(-c2nnc(SCC(=O)N[C@](C)(C#N)C(C)C)n2CC(C)C)cc1. The lowest BCUT2D eigenvalue weighted by molar-refractivity contribution is -0.120. The molecule has 0 saturated carbocycles. The van der Waals surface area contributed by atoms with Crippen molar-refractivity contribution in [3.63, 3.8) is 0 Å². The quantitative estimate of drug-likeness (QED) is 0.627. The second-order valence-corrected chi connectivity index (χ2v) is 8.79. The minimum absolute atomic E-state index is 0.00715. The van der Waals surface area contributed by atoms with Gasteiger partial charge in [-0.1, -0.05) is 39.5 Å². The van der Waals surface area contributed by atoms with Crippen LogP contribution in [0, 0.1) is 23.2 Å². The molecule has 7 nitrogen and oxygen atoms in total. The van der Waals surface area contributed by atoms with Crippen LogP contribution in [0.25, 0.3) is 11.4 Å². The van der Waals surface area contributed by atoms with Crippen LogP contribution >= 0.6 is 11.8 Å². The standard InChI is InChI=1S/C21H29N5O2S/c1-14(2)11-26-19(16-7-9-17(28-6)10-8-16)24-25-20(26)29-12-18(27)23-21(5,13-22)15(3)4/h7-10,14-15H,11-12H2,1-6H3,(H,23,27)/t21-/m1/s1. The first-order valence-corrected chi connectivity index (χ1v) is 10.6. The van der Waals surface area contributed by atoms with Crippen LogP contribution in [0.2, 0.25) is 0 Å². The Kier molecular flexibility index (Phi) is 7.68. The molecule has 0 aliphatic carbocycles. The first-order valence-electron chi connectivity index (χ1n) is 9.62. The summed E-state index contributed by atoms with van der Waals surface area (Å²) in [6, 6.07) is 9.86. The molecule has 0 fully saturated rings. The Balaban J connectivity index is 2.19. The Labute approximate surface area is 176 Å². The van der Waals surface area contributed by atoms with E-state index < -0.39 is 5.54 Å². The van der Waals surface area contributed by atoms with E-state index in [1.54, 1.807) is 14.0 Å². The summed E-state index contributed by atoms with van der Waals surface area (Å²) in [7, 11) is 1.63. The van der Waals surface area contributed by atoms with E-state index in [4.69, 9.17) is 4.74 Å². The molecule has 1 aromatic heterocycles. The van der Waals surface area contributed by atoms with Crippen LogP contribution in [0.4, 0.5) is 0 Å². The van der Waals surface area contributed by atoms with Crippen molar-refractivity contribution in [2.75, 3.05) is 12.9 Å². The molecule has 0 aliphatic rings. The molecule has 1 aromatic carbocycles. The number of carbonyl (C=O) groups is 1. The second kappa shape index (κ2) is 9.79. The summed E-state index contributed by atoms with van der Waals surface area (Å²) >= 11 is 1.33. The van der Waals surface area contributed by atoms with Crippen LogP contribution in [0.15, 0.2) is 29.4 Å². The number of nitriles is 1. The summed E-state index contributed by atoms with van der Waals surface area (Å²) in [6.45, 7) is 10.6. The number of aromatic nitrogens is 3. The van der Waals surface area contributed by atoms with Crippen LogP contribution in [-0.4, -0.2) is 39.1 Å². The molecule has 29 heavy (non-hydrogen) atoms. The topological polar surface area (TPSA) is 92.8 Å². The summed E-state index contributed by atoms with van der Waals surface area (Å²) in [6.07, 6.45) is 0. The van der Waals surface area contributed by atoms with E-state index in [1.807, 2.05) is 42.7 Å². The van der Waals surface area contributed by atoms with Crippen LogP contribution in [0.5, 0.6) is 5.75 Å². The van der Waals surface area contributed by atoms with Crippen molar-refractivity contribution in [3.05, 3.63) is 24.3 Å². The maximum atomic E-state index is 12.4. The smallest absolute Gasteiger partial charge is 0.231 e. The third-order valence-corrected chi connectivity index (χ3v) is 5.70. The number of hydrogen-bond donors (Lipinski definition) is 1. The molecule has 1 heterocycles. The van der Waals surface area contributed by atoms with Gasteiger partial charge < -0.3 is 14.6 Å². The molecular formula is C21H29N5O2S. The van der Waals surface area contributed by atoms with Gasteiger partial charge in [0.05, 0.1) is 18.9 Å². The van der Waals surface area contributed by atoms with Gasteiger partial charge in [-0.2, -0.15) is 5.26 Å². The zero-order valence-electron chi connectivity index (χ0n) is 17.9. The summed E-state index contributed by atoms with van der Waals surface area (Å²) in [5.74, 6) is 1.90. The molecular weight excluding hydrogens is 386 g/mol. The maximum absolute atomic E-state index is 12.4. The van der Waals surface area contributed by atoms with E-state index >= 15 is 0 Å². The summed E-state index contributed by atoms with van der Waals surface area (Å²) < 4.78 is 7.26. The van der Waals surface area contributed by atoms with E-state index in [-0.39, 0.29) is 17.6 Å². The van der Waals surface area contributed by atoms with E-state index in [0.29, 0.717) is 11.1 Å². The van der Waals surface area contributed by atoms with Gasteiger partial charge in [0.2, 0.25) is 5.91 Å². The largest absolute Gasteiger partial charge is 0.497 e. The highest BCUT2D eigenvalue weighted by Gasteiger charge is 2.30. The van der Waals surface area contributed by atoms with Gasteiger partial charge in [-0.3, -0.25) is 4.79 Å².